The van der Waals surface area contributed by atoms with E-state index in [0.717, 1.165) is 72.5 Å². The molecule has 0 saturated carbocycles. The number of fused-ring (bicyclic) bond motifs is 2. The number of aryl methyl sites for hydroxylation is 1. The van der Waals surface area contributed by atoms with Gasteiger partial charge in [0.2, 0.25) is 0 Å². The van der Waals surface area contributed by atoms with Gasteiger partial charge in [-0.15, -0.1) is 0 Å². The monoisotopic (exact) mass is 394 g/mol. The highest BCUT2D eigenvalue weighted by Gasteiger charge is 2.30. The lowest BCUT2D eigenvalue weighted by atomic mass is 9.92. The molecule has 3 aromatic rings. The first kappa shape index (κ1) is 17.7. The minimum Gasteiger partial charge on any atom is -0.335 e. The van der Waals surface area contributed by atoms with Crippen LogP contribution in [0.3, 0.4) is 0 Å². The van der Waals surface area contributed by atoms with Crippen LogP contribution in [0.4, 0.5) is 0 Å². The summed E-state index contributed by atoms with van der Waals surface area (Å²) in [7, 11) is 0. The molecule has 0 aliphatic carbocycles. The molecule has 5 nitrogen and oxygen atoms in total. The highest BCUT2D eigenvalue weighted by Crippen LogP contribution is 2.30. The maximum atomic E-state index is 13.1. The number of amides is 1. The van der Waals surface area contributed by atoms with Gasteiger partial charge in [0.15, 0.2) is 5.65 Å². The van der Waals surface area contributed by atoms with E-state index in [2.05, 4.69) is 27.5 Å². The number of aromatic nitrogens is 2. The Labute approximate surface area is 169 Å². The molecule has 5 rings (SSSR count). The largest absolute Gasteiger partial charge is 0.335 e. The molecule has 1 fully saturated rings. The van der Waals surface area contributed by atoms with Crippen molar-refractivity contribution in [2.45, 2.75) is 32.2 Å². The lowest BCUT2D eigenvalue weighted by molar-refractivity contribution is 0.0624. The fourth-order valence-electron chi connectivity index (χ4n) is 4.49. The Hall–Kier alpha value is -2.37. The van der Waals surface area contributed by atoms with Gasteiger partial charge < -0.3 is 14.6 Å². The van der Waals surface area contributed by atoms with Gasteiger partial charge in [0.25, 0.3) is 5.91 Å². The number of hydrogen-bond donors (Lipinski definition) is 1. The summed E-state index contributed by atoms with van der Waals surface area (Å²) in [5.41, 5.74) is 5.80. The van der Waals surface area contributed by atoms with E-state index in [0.29, 0.717) is 11.1 Å². The molecule has 2 aromatic heterocycles. The number of halogens is 1. The van der Waals surface area contributed by atoms with Gasteiger partial charge in [0.1, 0.15) is 0 Å². The standard InChI is InChI=1S/C22H23ClN4O/c1-14-12-26-13-17(11-20(23)21(26)25-14)15-2-3-19-16(10-15)6-9-27(22(19)28)18-4-7-24-8-5-18/h2-3,10-13,18,24H,4-9H2,1H3. The van der Waals surface area contributed by atoms with Crippen molar-refractivity contribution >= 4 is 23.2 Å². The van der Waals surface area contributed by atoms with Crippen molar-refractivity contribution in [3.05, 3.63) is 58.5 Å². The Morgan fingerprint density at radius 2 is 1.96 bits per heavy atom. The maximum absolute atomic E-state index is 13.1. The molecule has 0 radical (unpaired) electrons. The first-order valence-electron chi connectivity index (χ1n) is 9.90. The van der Waals surface area contributed by atoms with Gasteiger partial charge in [-0.2, -0.15) is 0 Å². The van der Waals surface area contributed by atoms with Crippen molar-refractivity contribution in [3.8, 4) is 11.1 Å². The van der Waals surface area contributed by atoms with Crippen LogP contribution in [0.2, 0.25) is 5.02 Å². The van der Waals surface area contributed by atoms with Crippen LogP contribution < -0.4 is 5.32 Å². The first-order valence-corrected chi connectivity index (χ1v) is 10.3. The Morgan fingerprint density at radius 1 is 1.14 bits per heavy atom. The van der Waals surface area contributed by atoms with Gasteiger partial charge >= 0.3 is 0 Å². The van der Waals surface area contributed by atoms with E-state index in [1.54, 1.807) is 0 Å². The number of rotatable bonds is 2. The average Bonchev–Trinajstić information content (AvgIpc) is 3.09. The summed E-state index contributed by atoms with van der Waals surface area (Å²) in [5.74, 6) is 0.179. The van der Waals surface area contributed by atoms with E-state index in [9.17, 15) is 4.79 Å². The molecule has 0 spiro atoms. The molecular formula is C22H23ClN4O. The van der Waals surface area contributed by atoms with Crippen LogP contribution in [0.1, 0.15) is 34.5 Å². The molecule has 2 aliphatic heterocycles. The van der Waals surface area contributed by atoms with E-state index >= 15 is 0 Å². The zero-order chi connectivity index (χ0) is 19.3. The zero-order valence-electron chi connectivity index (χ0n) is 15.9. The zero-order valence-corrected chi connectivity index (χ0v) is 16.7. The minimum absolute atomic E-state index is 0.179. The van der Waals surface area contributed by atoms with Crippen molar-refractivity contribution in [3.63, 3.8) is 0 Å². The Kier molecular flexibility index (Phi) is 4.37. The lowest BCUT2D eigenvalue weighted by Crippen LogP contribution is -2.49. The summed E-state index contributed by atoms with van der Waals surface area (Å²) in [6.07, 6.45) is 7.02. The number of imidazole rings is 1. The predicted octanol–water partition coefficient (Wildman–Crippen LogP) is 3.71. The van der Waals surface area contributed by atoms with Crippen LogP contribution in [-0.4, -0.2) is 45.9 Å². The third kappa shape index (κ3) is 2.99. The van der Waals surface area contributed by atoms with Crippen LogP contribution in [0.25, 0.3) is 16.8 Å². The second-order valence-electron chi connectivity index (χ2n) is 7.79. The SMILES string of the molecule is Cc1cn2cc(-c3ccc4c(c3)CCN(C3CCNCC3)C4=O)cc(Cl)c2n1. The predicted molar refractivity (Wildman–Crippen MR) is 111 cm³/mol. The summed E-state index contributed by atoms with van der Waals surface area (Å²) in [6.45, 7) is 4.76. The van der Waals surface area contributed by atoms with Crippen LogP contribution in [-0.2, 0) is 6.42 Å². The molecule has 144 valence electrons. The number of nitrogens with zero attached hydrogens (tertiary/aromatic N) is 3. The van der Waals surface area contributed by atoms with Crippen molar-refractivity contribution in [1.82, 2.24) is 19.6 Å². The first-order chi connectivity index (χ1) is 13.6. The van der Waals surface area contributed by atoms with Gasteiger partial charge in [-0.05, 0) is 68.1 Å². The maximum Gasteiger partial charge on any atom is 0.254 e. The number of nitrogens with one attached hydrogen (secondary N) is 1. The highest BCUT2D eigenvalue weighted by molar-refractivity contribution is 6.33. The molecule has 1 aromatic carbocycles. The second kappa shape index (κ2) is 6.90. The summed E-state index contributed by atoms with van der Waals surface area (Å²) >= 11 is 6.45. The highest BCUT2D eigenvalue weighted by atomic mass is 35.5. The number of hydrogen-bond acceptors (Lipinski definition) is 3. The van der Waals surface area contributed by atoms with Crippen molar-refractivity contribution < 1.29 is 4.79 Å². The van der Waals surface area contributed by atoms with Crippen molar-refractivity contribution in [1.29, 1.82) is 0 Å². The third-order valence-corrected chi connectivity index (χ3v) is 6.21. The smallest absolute Gasteiger partial charge is 0.254 e. The molecule has 0 atom stereocenters. The Morgan fingerprint density at radius 3 is 2.79 bits per heavy atom. The number of piperidine rings is 1. The summed E-state index contributed by atoms with van der Waals surface area (Å²) < 4.78 is 1.97. The molecule has 6 heteroatoms. The molecule has 28 heavy (non-hydrogen) atoms. The molecule has 0 bridgehead atoms. The van der Waals surface area contributed by atoms with Crippen LogP contribution >= 0.6 is 11.6 Å². The van der Waals surface area contributed by atoms with Crippen LogP contribution in [0, 0.1) is 6.92 Å². The quantitative estimate of drug-likeness (QED) is 0.720. The number of carbonyl (C=O) groups excluding carboxylic acids is 1. The van der Waals surface area contributed by atoms with Crippen LogP contribution in [0.5, 0.6) is 0 Å². The molecule has 0 unspecified atom stereocenters. The number of pyridine rings is 1. The van der Waals surface area contributed by atoms with Crippen molar-refractivity contribution in [2.24, 2.45) is 0 Å². The van der Waals surface area contributed by atoms with E-state index in [1.807, 2.05) is 35.7 Å². The normalized spacial score (nSPS) is 17.9. The van der Waals surface area contributed by atoms with E-state index in [-0.39, 0.29) is 5.91 Å². The lowest BCUT2D eigenvalue weighted by Gasteiger charge is -2.37. The minimum atomic E-state index is 0.179. The van der Waals surface area contributed by atoms with E-state index < -0.39 is 0 Å². The molecular weight excluding hydrogens is 372 g/mol. The summed E-state index contributed by atoms with van der Waals surface area (Å²) in [4.78, 5) is 19.6. The van der Waals surface area contributed by atoms with Gasteiger partial charge in [-0.1, -0.05) is 23.7 Å². The topological polar surface area (TPSA) is 49.6 Å². The van der Waals surface area contributed by atoms with E-state index in [1.165, 1.54) is 0 Å². The van der Waals surface area contributed by atoms with Crippen LogP contribution in [0.15, 0.2) is 36.7 Å². The average molecular weight is 395 g/mol. The van der Waals surface area contributed by atoms with Gasteiger partial charge in [0, 0.05) is 30.5 Å². The van der Waals surface area contributed by atoms with Gasteiger partial charge in [-0.25, -0.2) is 4.98 Å². The fraction of sp³-hybridized carbons (Fsp3) is 0.364. The second-order valence-corrected chi connectivity index (χ2v) is 8.20. The molecule has 1 amide bonds. The molecule has 2 aliphatic rings. The van der Waals surface area contributed by atoms with Gasteiger partial charge in [-0.3, -0.25) is 4.79 Å². The fourth-order valence-corrected chi connectivity index (χ4v) is 4.75. The Balaban J connectivity index is 1.48. The number of benzene rings is 1. The van der Waals surface area contributed by atoms with Gasteiger partial charge in [0.05, 0.1) is 10.7 Å². The Bertz CT molecular complexity index is 1070. The number of carbonyl (C=O) groups is 1. The third-order valence-electron chi connectivity index (χ3n) is 5.93. The summed E-state index contributed by atoms with van der Waals surface area (Å²) in [5, 5.41) is 4.01. The molecule has 4 heterocycles. The molecule has 1 saturated heterocycles. The summed E-state index contributed by atoms with van der Waals surface area (Å²) in [6, 6.07) is 8.49. The molecule has 1 N–H and O–H groups in total. The van der Waals surface area contributed by atoms with E-state index in [4.69, 9.17) is 11.6 Å². The van der Waals surface area contributed by atoms with Crippen molar-refractivity contribution in [2.75, 3.05) is 19.6 Å².